The van der Waals surface area contributed by atoms with Crippen molar-refractivity contribution in [3.05, 3.63) is 46.0 Å². The second-order valence-electron chi connectivity index (χ2n) is 5.13. The zero-order valence-electron chi connectivity index (χ0n) is 12.5. The van der Waals surface area contributed by atoms with E-state index >= 15 is 0 Å². The van der Waals surface area contributed by atoms with Gasteiger partial charge in [0.2, 0.25) is 5.91 Å². The van der Waals surface area contributed by atoms with Crippen molar-refractivity contribution < 1.29 is 4.79 Å². The molecule has 0 unspecified atom stereocenters. The molecular formula is C16H21N3OS. The second-order valence-corrected chi connectivity index (χ2v) is 6.21. The first kappa shape index (κ1) is 15.7. The summed E-state index contributed by atoms with van der Waals surface area (Å²) in [7, 11) is 0. The number of hydrogen-bond donors (Lipinski definition) is 2. The van der Waals surface area contributed by atoms with Gasteiger partial charge in [0.15, 0.2) is 5.13 Å². The van der Waals surface area contributed by atoms with Gasteiger partial charge >= 0.3 is 0 Å². The molecule has 4 nitrogen and oxygen atoms in total. The minimum absolute atomic E-state index is 0.0175. The number of amides is 1. The highest BCUT2D eigenvalue weighted by molar-refractivity contribution is 7.15. The molecule has 1 aromatic carbocycles. The Labute approximate surface area is 129 Å². The van der Waals surface area contributed by atoms with E-state index in [9.17, 15) is 4.79 Å². The molecule has 3 N–H and O–H groups in total. The number of aromatic nitrogens is 1. The standard InChI is InChI=1S/C16H21N3OS/c1-11-5-7-13(8-6-11)10-14-12(2)18-16(21-14)19-15(20)4-3-9-17/h5-8H,3-4,9-10,17H2,1-2H3,(H,18,19,20). The third-order valence-electron chi connectivity index (χ3n) is 3.23. The molecule has 112 valence electrons. The van der Waals surface area contributed by atoms with Crippen molar-refractivity contribution >= 4 is 22.4 Å². The monoisotopic (exact) mass is 303 g/mol. The number of nitrogens with zero attached hydrogens (tertiary/aromatic N) is 1. The summed E-state index contributed by atoms with van der Waals surface area (Å²) in [4.78, 5) is 17.3. The summed E-state index contributed by atoms with van der Waals surface area (Å²) < 4.78 is 0. The fourth-order valence-electron chi connectivity index (χ4n) is 1.98. The number of nitrogens with one attached hydrogen (secondary N) is 1. The van der Waals surface area contributed by atoms with Crippen LogP contribution in [-0.4, -0.2) is 17.4 Å². The minimum Gasteiger partial charge on any atom is -0.330 e. The summed E-state index contributed by atoms with van der Waals surface area (Å²) in [5.74, 6) is -0.0175. The molecule has 0 spiro atoms. The molecule has 21 heavy (non-hydrogen) atoms. The molecule has 0 saturated heterocycles. The van der Waals surface area contributed by atoms with E-state index in [-0.39, 0.29) is 5.91 Å². The number of anilines is 1. The van der Waals surface area contributed by atoms with Crippen LogP contribution in [0.3, 0.4) is 0 Å². The fraction of sp³-hybridized carbons (Fsp3) is 0.375. The highest BCUT2D eigenvalue weighted by Crippen LogP contribution is 2.25. The smallest absolute Gasteiger partial charge is 0.226 e. The Balaban J connectivity index is 2.01. The first-order valence-corrected chi connectivity index (χ1v) is 7.92. The number of carbonyl (C=O) groups is 1. The van der Waals surface area contributed by atoms with E-state index in [0.29, 0.717) is 24.5 Å². The molecule has 0 bridgehead atoms. The predicted octanol–water partition coefficient (Wildman–Crippen LogP) is 3.03. The number of thiazole rings is 1. The lowest BCUT2D eigenvalue weighted by atomic mass is 10.1. The van der Waals surface area contributed by atoms with Gasteiger partial charge in [0, 0.05) is 17.7 Å². The van der Waals surface area contributed by atoms with Crippen LogP contribution in [0.2, 0.25) is 0 Å². The first-order valence-electron chi connectivity index (χ1n) is 7.10. The maximum Gasteiger partial charge on any atom is 0.226 e. The molecule has 0 aliphatic carbocycles. The Kier molecular flexibility index (Phi) is 5.47. The van der Waals surface area contributed by atoms with Crippen molar-refractivity contribution in [2.45, 2.75) is 33.1 Å². The third kappa shape index (κ3) is 4.65. The lowest BCUT2D eigenvalue weighted by Crippen LogP contribution is -2.13. The van der Waals surface area contributed by atoms with Crippen molar-refractivity contribution in [3.8, 4) is 0 Å². The fourth-order valence-corrected chi connectivity index (χ4v) is 2.99. The summed E-state index contributed by atoms with van der Waals surface area (Å²) in [6, 6.07) is 8.49. The van der Waals surface area contributed by atoms with Gasteiger partial charge in [-0.15, -0.1) is 11.3 Å². The van der Waals surface area contributed by atoms with Gasteiger partial charge in [0.1, 0.15) is 0 Å². The molecule has 2 rings (SSSR count). The molecule has 0 saturated carbocycles. The van der Waals surface area contributed by atoms with E-state index in [4.69, 9.17) is 5.73 Å². The van der Waals surface area contributed by atoms with E-state index in [0.717, 1.165) is 12.1 Å². The summed E-state index contributed by atoms with van der Waals surface area (Å²) in [6.07, 6.45) is 2.00. The Bertz CT molecular complexity index is 604. The molecule has 0 fully saturated rings. The lowest BCUT2D eigenvalue weighted by molar-refractivity contribution is -0.116. The van der Waals surface area contributed by atoms with Gasteiger partial charge in [-0.1, -0.05) is 29.8 Å². The van der Waals surface area contributed by atoms with Crippen LogP contribution in [0.1, 0.15) is 34.5 Å². The minimum atomic E-state index is -0.0175. The van der Waals surface area contributed by atoms with E-state index in [2.05, 4.69) is 41.5 Å². The molecule has 0 atom stereocenters. The highest BCUT2D eigenvalue weighted by Gasteiger charge is 2.10. The van der Waals surface area contributed by atoms with Gasteiger partial charge in [-0.05, 0) is 32.4 Å². The number of aryl methyl sites for hydroxylation is 2. The van der Waals surface area contributed by atoms with Crippen LogP contribution in [0, 0.1) is 13.8 Å². The van der Waals surface area contributed by atoms with Crippen LogP contribution in [0.15, 0.2) is 24.3 Å². The van der Waals surface area contributed by atoms with Gasteiger partial charge < -0.3 is 11.1 Å². The second kappa shape index (κ2) is 7.33. The Hall–Kier alpha value is -1.72. The molecule has 0 aliphatic heterocycles. The summed E-state index contributed by atoms with van der Waals surface area (Å²) in [5, 5.41) is 3.52. The summed E-state index contributed by atoms with van der Waals surface area (Å²) >= 11 is 1.55. The molecule has 1 aromatic heterocycles. The maximum atomic E-state index is 11.7. The van der Waals surface area contributed by atoms with Crippen LogP contribution < -0.4 is 11.1 Å². The Morgan fingerprint density at radius 1 is 1.29 bits per heavy atom. The van der Waals surface area contributed by atoms with Gasteiger partial charge in [-0.2, -0.15) is 0 Å². The van der Waals surface area contributed by atoms with Gasteiger partial charge in [0.25, 0.3) is 0 Å². The zero-order valence-corrected chi connectivity index (χ0v) is 13.3. The lowest BCUT2D eigenvalue weighted by Gasteiger charge is -2.00. The Morgan fingerprint density at radius 2 is 2.00 bits per heavy atom. The third-order valence-corrected chi connectivity index (χ3v) is 4.31. The van der Waals surface area contributed by atoms with E-state index in [1.807, 2.05) is 6.92 Å². The van der Waals surface area contributed by atoms with Crippen molar-refractivity contribution in [1.29, 1.82) is 0 Å². The van der Waals surface area contributed by atoms with E-state index in [1.165, 1.54) is 16.0 Å². The van der Waals surface area contributed by atoms with Gasteiger partial charge in [-0.25, -0.2) is 4.98 Å². The molecular weight excluding hydrogens is 282 g/mol. The van der Waals surface area contributed by atoms with Crippen molar-refractivity contribution in [1.82, 2.24) is 4.98 Å². The summed E-state index contributed by atoms with van der Waals surface area (Å²) in [6.45, 7) is 4.59. The molecule has 1 heterocycles. The van der Waals surface area contributed by atoms with Crippen LogP contribution in [0.5, 0.6) is 0 Å². The average Bonchev–Trinajstić information content (AvgIpc) is 2.79. The highest BCUT2D eigenvalue weighted by atomic mass is 32.1. The molecule has 5 heteroatoms. The largest absolute Gasteiger partial charge is 0.330 e. The van der Waals surface area contributed by atoms with Crippen LogP contribution >= 0.6 is 11.3 Å². The normalized spacial score (nSPS) is 10.6. The molecule has 1 amide bonds. The molecule has 0 radical (unpaired) electrons. The predicted molar refractivity (Wildman–Crippen MR) is 87.8 cm³/mol. The van der Waals surface area contributed by atoms with Crippen LogP contribution in [-0.2, 0) is 11.2 Å². The SMILES string of the molecule is Cc1ccc(Cc2sc(NC(=O)CCCN)nc2C)cc1. The summed E-state index contributed by atoms with van der Waals surface area (Å²) in [5.41, 5.74) is 8.90. The quantitative estimate of drug-likeness (QED) is 0.862. The van der Waals surface area contributed by atoms with Crippen molar-refractivity contribution in [2.24, 2.45) is 5.73 Å². The van der Waals surface area contributed by atoms with Crippen LogP contribution in [0.4, 0.5) is 5.13 Å². The van der Waals surface area contributed by atoms with E-state index < -0.39 is 0 Å². The van der Waals surface area contributed by atoms with Gasteiger partial charge in [0.05, 0.1) is 5.69 Å². The van der Waals surface area contributed by atoms with Gasteiger partial charge in [-0.3, -0.25) is 4.79 Å². The first-order chi connectivity index (χ1) is 10.1. The number of hydrogen-bond acceptors (Lipinski definition) is 4. The van der Waals surface area contributed by atoms with Crippen molar-refractivity contribution in [3.63, 3.8) is 0 Å². The number of rotatable bonds is 6. The Morgan fingerprint density at radius 3 is 2.67 bits per heavy atom. The van der Waals surface area contributed by atoms with E-state index in [1.54, 1.807) is 11.3 Å². The maximum absolute atomic E-state index is 11.7. The zero-order chi connectivity index (χ0) is 15.2. The average molecular weight is 303 g/mol. The number of benzene rings is 1. The number of carbonyl (C=O) groups excluding carboxylic acids is 1. The molecule has 0 aliphatic rings. The number of nitrogens with two attached hydrogens (primary N) is 1. The van der Waals surface area contributed by atoms with Crippen molar-refractivity contribution in [2.75, 3.05) is 11.9 Å². The molecule has 2 aromatic rings. The van der Waals surface area contributed by atoms with Crippen LogP contribution in [0.25, 0.3) is 0 Å². The topological polar surface area (TPSA) is 68.0 Å².